The average Bonchev–Trinajstić information content (AvgIpc) is 1.51. The van der Waals surface area contributed by atoms with E-state index in [0.717, 1.165) is 12.8 Å². The van der Waals surface area contributed by atoms with Crippen LogP contribution >= 0.6 is 0 Å². The summed E-state index contributed by atoms with van der Waals surface area (Å²) >= 11 is 0. The molecule has 0 aliphatic heterocycles. The Morgan fingerprint density at radius 3 is 1.47 bits per heavy atom. The molecule has 0 saturated carbocycles. The standard InChI is InChI=1S/C35H30.C20H19N.C19H19N.C11H12.C11H10/c1-23-20-21-30-29-15-8-10-18-33(29)35(34(30)22-23,31-17-9-6-13-25(31)3)32-19-11-16-28(26(32)4)27-14-7-5-12-24(27)2;1-2-17-13-15-20(16-14-17)21(18-9-5-3-6-10-18)19-11-7-4-8-12-19;1-16-12-14-19(15-13-16)20(17-8-4-2-5-9-17)18-10-6-3-7-11-18;2*1-9-5-4-7-10-6-2-3-8-11(9)10/h5-22H,1-4H3;3-16H,2H2,1H3;2-12,14-16H,13H2,1H3;2-3,6-8H,4-5H2,1H3;2-8H,1H3. The lowest BCUT2D eigenvalue weighted by Crippen LogP contribution is -2.30. The zero-order chi connectivity index (χ0) is 67.8. The highest BCUT2D eigenvalue weighted by Crippen LogP contribution is 2.58. The van der Waals surface area contributed by atoms with Crippen molar-refractivity contribution in [2.24, 2.45) is 5.92 Å². The number of benzene rings is 13. The van der Waals surface area contributed by atoms with Gasteiger partial charge >= 0.3 is 0 Å². The van der Waals surface area contributed by atoms with Crippen molar-refractivity contribution in [2.75, 3.05) is 9.80 Å². The number of aryl methyl sites for hydroxylation is 5. The van der Waals surface area contributed by atoms with Gasteiger partial charge in [-0.2, -0.15) is 0 Å². The molecular weight excluding hydrogens is 1180 g/mol. The molecular formula is C96H90N2. The van der Waals surface area contributed by atoms with Gasteiger partial charge in [0.2, 0.25) is 0 Å². The topological polar surface area (TPSA) is 6.48 Å². The van der Waals surface area contributed by atoms with Crippen molar-refractivity contribution in [3.05, 3.63) is 412 Å². The van der Waals surface area contributed by atoms with E-state index in [1.54, 1.807) is 0 Å². The Bertz CT molecular complexity index is 4920. The molecule has 2 nitrogen and oxygen atoms in total. The number of allylic oxidation sites excluding steroid dienone is 3. The summed E-state index contributed by atoms with van der Waals surface area (Å²) in [5, 5.41) is 5.54. The van der Waals surface area contributed by atoms with Crippen molar-refractivity contribution in [1.82, 2.24) is 0 Å². The molecule has 2 atom stereocenters. The minimum absolute atomic E-state index is 0.369. The van der Waals surface area contributed by atoms with Crippen LogP contribution in [0.1, 0.15) is 95.7 Å². The van der Waals surface area contributed by atoms with Gasteiger partial charge in [-0.25, -0.2) is 0 Å². The molecule has 484 valence electrons. The summed E-state index contributed by atoms with van der Waals surface area (Å²) in [6.07, 6.45) is 13.8. The van der Waals surface area contributed by atoms with E-state index >= 15 is 0 Å². The highest BCUT2D eigenvalue weighted by atomic mass is 15.1. The van der Waals surface area contributed by atoms with Gasteiger partial charge in [0.15, 0.2) is 0 Å². The smallest absolute Gasteiger partial charge is 0.0718 e. The SMILES string of the molecule is CC1=c2ccccc2=CCC1.CC1C=CC(N(c2ccccc2)c2ccccc2)=CC1.CCc1ccc(N(c2ccccc2)c2ccccc2)cc1.Cc1ccc2c(c1)C(c1ccccc1C)(c1cccc(-c3ccccc3C)c1C)c1ccccc1-2.Cc1cccc2ccccc12. The van der Waals surface area contributed by atoms with E-state index in [9.17, 15) is 0 Å². The molecule has 0 amide bonds. The first-order valence-corrected chi connectivity index (χ1v) is 34.9. The van der Waals surface area contributed by atoms with Crippen molar-refractivity contribution < 1.29 is 0 Å². The molecule has 0 heterocycles. The predicted molar refractivity (Wildman–Crippen MR) is 422 cm³/mol. The Kier molecular flexibility index (Phi) is 21.6. The molecule has 2 heteroatoms. The summed E-state index contributed by atoms with van der Waals surface area (Å²) in [7, 11) is 0. The first-order valence-electron chi connectivity index (χ1n) is 34.9. The lowest BCUT2D eigenvalue weighted by Gasteiger charge is -2.37. The Morgan fingerprint density at radius 2 is 0.867 bits per heavy atom. The van der Waals surface area contributed by atoms with Crippen LogP contribution in [0.4, 0.5) is 28.4 Å². The van der Waals surface area contributed by atoms with E-state index < -0.39 is 0 Å². The van der Waals surface area contributed by atoms with E-state index in [0.29, 0.717) is 5.92 Å². The molecule has 0 N–H and O–H groups in total. The summed E-state index contributed by atoms with van der Waals surface area (Å²) < 4.78 is 0. The van der Waals surface area contributed by atoms with E-state index in [1.807, 2.05) is 12.1 Å². The number of para-hydroxylation sites is 4. The minimum Gasteiger partial charge on any atom is -0.311 e. The second-order valence-electron chi connectivity index (χ2n) is 26.1. The first kappa shape index (κ1) is 66.9. The highest BCUT2D eigenvalue weighted by molar-refractivity contribution is 5.89. The van der Waals surface area contributed by atoms with Crippen LogP contribution in [-0.2, 0) is 11.8 Å². The maximum Gasteiger partial charge on any atom is 0.0718 e. The fourth-order valence-corrected chi connectivity index (χ4v) is 14.3. The third-order valence-corrected chi connectivity index (χ3v) is 19.4. The van der Waals surface area contributed by atoms with Gasteiger partial charge in [0, 0.05) is 34.1 Å². The molecule has 3 aliphatic rings. The van der Waals surface area contributed by atoms with Crippen molar-refractivity contribution in [1.29, 1.82) is 0 Å². The molecule has 13 aromatic carbocycles. The fraction of sp³-hybridized carbons (Fsp3) is 0.146. The Morgan fingerprint density at radius 1 is 0.378 bits per heavy atom. The molecule has 13 aromatic rings. The van der Waals surface area contributed by atoms with Gasteiger partial charge in [0.1, 0.15) is 0 Å². The lowest BCUT2D eigenvalue weighted by molar-refractivity contribution is 0.728. The molecule has 98 heavy (non-hydrogen) atoms. The predicted octanol–water partition coefficient (Wildman–Crippen LogP) is 24.6. The Labute approximate surface area is 583 Å². The number of hydrogen-bond acceptors (Lipinski definition) is 2. The largest absolute Gasteiger partial charge is 0.311 e. The van der Waals surface area contributed by atoms with Crippen molar-refractivity contribution in [3.63, 3.8) is 0 Å². The molecule has 0 saturated heterocycles. The summed E-state index contributed by atoms with van der Waals surface area (Å²) in [6, 6.07) is 115. The van der Waals surface area contributed by atoms with Crippen molar-refractivity contribution >= 4 is 50.9 Å². The number of hydrogen-bond donors (Lipinski definition) is 0. The lowest BCUT2D eigenvalue weighted by atomic mass is 9.64. The summed E-state index contributed by atoms with van der Waals surface area (Å²) in [4.78, 5) is 4.59. The third kappa shape index (κ3) is 14.8. The van der Waals surface area contributed by atoms with E-state index in [1.165, 1.54) is 152 Å². The van der Waals surface area contributed by atoms with Gasteiger partial charge in [0.25, 0.3) is 0 Å². The molecule has 0 bridgehead atoms. The summed E-state index contributed by atoms with van der Waals surface area (Å²) in [6.45, 7) is 17.8. The number of fused-ring (bicyclic) bond motifs is 5. The summed E-state index contributed by atoms with van der Waals surface area (Å²) in [5.41, 5.74) is 27.1. The molecule has 0 aromatic heterocycles. The minimum atomic E-state index is -0.369. The van der Waals surface area contributed by atoms with Crippen molar-refractivity contribution in [3.8, 4) is 22.3 Å². The monoisotopic (exact) mass is 1270 g/mol. The zero-order valence-electron chi connectivity index (χ0n) is 58.2. The van der Waals surface area contributed by atoms with Crippen LogP contribution in [0, 0.1) is 40.5 Å². The normalized spacial score (nSPS) is 14.5. The Balaban J connectivity index is 0.000000125. The van der Waals surface area contributed by atoms with Gasteiger partial charge in [-0.3, -0.25) is 0 Å². The van der Waals surface area contributed by atoms with E-state index in [-0.39, 0.29) is 5.41 Å². The van der Waals surface area contributed by atoms with Gasteiger partial charge < -0.3 is 9.80 Å². The quantitative estimate of drug-likeness (QED) is 0.135. The highest BCUT2D eigenvalue weighted by Gasteiger charge is 2.47. The average molecular weight is 1270 g/mol. The first-order chi connectivity index (χ1) is 48.0. The van der Waals surface area contributed by atoms with Gasteiger partial charge in [-0.1, -0.05) is 304 Å². The maximum absolute atomic E-state index is 2.42. The van der Waals surface area contributed by atoms with Crippen LogP contribution in [-0.4, -0.2) is 0 Å². The van der Waals surface area contributed by atoms with Crippen LogP contribution in [0.5, 0.6) is 0 Å². The number of rotatable bonds is 10. The molecule has 0 fully saturated rings. The molecule has 0 spiro atoms. The summed E-state index contributed by atoms with van der Waals surface area (Å²) in [5.74, 6) is 0.632. The zero-order valence-corrected chi connectivity index (χ0v) is 58.2. The van der Waals surface area contributed by atoms with Crippen LogP contribution in [0.25, 0.3) is 44.7 Å². The van der Waals surface area contributed by atoms with Crippen LogP contribution in [0.3, 0.4) is 0 Å². The van der Waals surface area contributed by atoms with Crippen LogP contribution in [0.2, 0.25) is 0 Å². The second-order valence-corrected chi connectivity index (χ2v) is 26.1. The Hall–Kier alpha value is -11.1. The molecule has 3 aliphatic carbocycles. The molecule has 16 rings (SSSR count). The van der Waals surface area contributed by atoms with E-state index in [4.69, 9.17) is 0 Å². The molecule has 0 radical (unpaired) electrons. The third-order valence-electron chi connectivity index (χ3n) is 19.4. The second kappa shape index (κ2) is 31.7. The van der Waals surface area contributed by atoms with Crippen LogP contribution < -0.4 is 20.2 Å². The van der Waals surface area contributed by atoms with Gasteiger partial charge in [0.05, 0.1) is 5.41 Å². The fourth-order valence-electron chi connectivity index (χ4n) is 14.3. The molecule has 2 unspecified atom stereocenters. The van der Waals surface area contributed by atoms with Gasteiger partial charge in [-0.15, -0.1) is 0 Å². The number of nitrogens with zero attached hydrogens (tertiary/aromatic N) is 2. The van der Waals surface area contributed by atoms with E-state index in [2.05, 4.69) is 399 Å². The van der Waals surface area contributed by atoms with Crippen LogP contribution in [0.15, 0.2) is 345 Å². The number of anilines is 5. The maximum atomic E-state index is 2.42. The van der Waals surface area contributed by atoms with Crippen molar-refractivity contribution in [2.45, 2.75) is 86.5 Å². The van der Waals surface area contributed by atoms with Gasteiger partial charge in [-0.05, 0) is 233 Å².